The van der Waals surface area contributed by atoms with E-state index in [0.717, 1.165) is 22.4 Å². The second-order valence-corrected chi connectivity index (χ2v) is 8.82. The number of hydrogen-bond donors (Lipinski definition) is 1. The third-order valence-corrected chi connectivity index (χ3v) is 6.30. The zero-order chi connectivity index (χ0) is 23.8. The summed E-state index contributed by atoms with van der Waals surface area (Å²) < 4.78 is 20.2. The number of hydrogen-bond acceptors (Lipinski definition) is 4. The van der Waals surface area contributed by atoms with Gasteiger partial charge < -0.3 is 9.84 Å². The van der Waals surface area contributed by atoms with Crippen molar-refractivity contribution >= 4 is 40.2 Å². The summed E-state index contributed by atoms with van der Waals surface area (Å²) >= 11 is 12.0. The van der Waals surface area contributed by atoms with Crippen molar-refractivity contribution in [3.05, 3.63) is 106 Å². The van der Waals surface area contributed by atoms with E-state index in [1.54, 1.807) is 17.9 Å². The molecule has 0 radical (unpaired) electrons. The smallest absolute Gasteiger partial charge is 0.258 e. The Balaban J connectivity index is 1.67. The Bertz CT molecular complexity index is 1420. The van der Waals surface area contributed by atoms with E-state index in [1.165, 1.54) is 6.07 Å². The molecule has 0 spiro atoms. The number of nitrogens with zero attached hydrogens (tertiary/aromatic N) is 3. The highest BCUT2D eigenvalue weighted by Gasteiger charge is 2.35. The topological polar surface area (TPSA) is 54.2 Å². The molecule has 0 amide bonds. The number of halogens is 2. The molecule has 1 atom stereocenters. The molecule has 5 rings (SSSR count). The van der Waals surface area contributed by atoms with Crippen LogP contribution in [0.15, 0.2) is 83.0 Å². The standard InChI is InChI=1S/C26H20ClFN4OS/c1-15-11-12-20(14-21(15)28)32-16(2)22(23(29-26(32)34)18-9-6-10-19(27)13-18)25-30-24(31-33-25)17-7-4-3-5-8-17/h3-14,23H,1-2H3,(H,29,34). The maximum Gasteiger partial charge on any atom is 0.258 e. The van der Waals surface area contributed by atoms with Gasteiger partial charge in [0.05, 0.1) is 17.3 Å². The molecule has 5 nitrogen and oxygen atoms in total. The van der Waals surface area contributed by atoms with Gasteiger partial charge in [0.1, 0.15) is 5.82 Å². The highest BCUT2D eigenvalue weighted by atomic mass is 35.5. The lowest BCUT2D eigenvalue weighted by Crippen LogP contribution is -2.46. The summed E-state index contributed by atoms with van der Waals surface area (Å²) in [5.41, 5.74) is 4.36. The normalized spacial score (nSPS) is 16.1. The van der Waals surface area contributed by atoms with Gasteiger partial charge >= 0.3 is 0 Å². The minimum absolute atomic E-state index is 0.309. The fourth-order valence-corrected chi connectivity index (χ4v) is 4.58. The van der Waals surface area contributed by atoms with Crippen LogP contribution in [0.3, 0.4) is 0 Å². The molecule has 0 fully saturated rings. The molecule has 3 aromatic carbocycles. The first kappa shape index (κ1) is 22.3. The van der Waals surface area contributed by atoms with Crippen molar-refractivity contribution in [1.29, 1.82) is 0 Å². The Morgan fingerprint density at radius 2 is 1.82 bits per heavy atom. The van der Waals surface area contributed by atoms with Gasteiger partial charge in [0.15, 0.2) is 5.11 Å². The predicted molar refractivity (Wildman–Crippen MR) is 136 cm³/mol. The summed E-state index contributed by atoms with van der Waals surface area (Å²) in [6, 6.07) is 21.7. The van der Waals surface area contributed by atoms with E-state index < -0.39 is 0 Å². The van der Waals surface area contributed by atoms with Crippen LogP contribution in [0, 0.1) is 12.7 Å². The highest BCUT2D eigenvalue weighted by molar-refractivity contribution is 7.80. The number of thiocarbonyl (C=S) groups is 1. The monoisotopic (exact) mass is 490 g/mol. The largest absolute Gasteiger partial charge is 0.351 e. The lowest BCUT2D eigenvalue weighted by Gasteiger charge is -2.37. The average Bonchev–Trinajstić information content (AvgIpc) is 3.31. The number of allylic oxidation sites excluding steroid dienone is 1. The third-order valence-electron chi connectivity index (χ3n) is 5.77. The van der Waals surface area contributed by atoms with Crippen LogP contribution in [-0.4, -0.2) is 15.3 Å². The molecular weight excluding hydrogens is 471 g/mol. The number of aryl methyl sites for hydroxylation is 1. The summed E-state index contributed by atoms with van der Waals surface area (Å²) in [6.07, 6.45) is 0. The Morgan fingerprint density at radius 3 is 2.56 bits per heavy atom. The molecular formula is C26H20ClFN4OS. The van der Waals surface area contributed by atoms with Crippen LogP contribution in [0.25, 0.3) is 17.0 Å². The SMILES string of the molecule is CC1=C(c2nc(-c3ccccc3)no2)C(c2cccc(Cl)c2)NC(=S)N1c1ccc(C)c(F)c1. The zero-order valence-electron chi connectivity index (χ0n) is 18.4. The van der Waals surface area contributed by atoms with Gasteiger partial charge in [-0.3, -0.25) is 4.90 Å². The maximum absolute atomic E-state index is 14.4. The van der Waals surface area contributed by atoms with E-state index in [1.807, 2.05) is 67.6 Å². The molecule has 1 unspecified atom stereocenters. The van der Waals surface area contributed by atoms with Gasteiger partial charge in [-0.25, -0.2) is 4.39 Å². The van der Waals surface area contributed by atoms with Crippen molar-refractivity contribution < 1.29 is 8.91 Å². The fraction of sp³-hybridized carbons (Fsp3) is 0.115. The van der Waals surface area contributed by atoms with Crippen molar-refractivity contribution in [1.82, 2.24) is 15.5 Å². The van der Waals surface area contributed by atoms with Gasteiger partial charge in [-0.2, -0.15) is 4.98 Å². The summed E-state index contributed by atoms with van der Waals surface area (Å²) in [6.45, 7) is 3.63. The molecule has 1 aromatic heterocycles. The maximum atomic E-state index is 14.4. The molecule has 8 heteroatoms. The van der Waals surface area contributed by atoms with Crippen LogP contribution >= 0.6 is 23.8 Å². The minimum atomic E-state index is -0.387. The van der Waals surface area contributed by atoms with E-state index in [-0.39, 0.29) is 11.9 Å². The van der Waals surface area contributed by atoms with E-state index in [2.05, 4.69) is 15.5 Å². The number of nitrogens with one attached hydrogen (secondary N) is 1. The average molecular weight is 491 g/mol. The van der Waals surface area contributed by atoms with Crippen LogP contribution in [0.2, 0.25) is 5.02 Å². The van der Waals surface area contributed by atoms with Crippen molar-refractivity contribution in [2.45, 2.75) is 19.9 Å². The third kappa shape index (κ3) is 4.08. The van der Waals surface area contributed by atoms with E-state index in [9.17, 15) is 4.39 Å². The van der Waals surface area contributed by atoms with Crippen molar-refractivity contribution in [2.75, 3.05) is 4.90 Å². The van der Waals surface area contributed by atoms with Gasteiger partial charge in [0.25, 0.3) is 5.89 Å². The van der Waals surface area contributed by atoms with Crippen molar-refractivity contribution in [2.24, 2.45) is 0 Å². The number of benzene rings is 3. The number of aromatic nitrogens is 2. The van der Waals surface area contributed by atoms with Gasteiger partial charge in [-0.05, 0) is 61.5 Å². The summed E-state index contributed by atoms with van der Waals surface area (Å²) in [5, 5.41) is 8.59. The molecule has 34 heavy (non-hydrogen) atoms. The first-order valence-corrected chi connectivity index (χ1v) is 11.4. The number of rotatable bonds is 4. The zero-order valence-corrected chi connectivity index (χ0v) is 20.0. The lowest BCUT2D eigenvalue weighted by molar-refractivity contribution is 0.404. The second kappa shape index (κ2) is 9.00. The first-order valence-electron chi connectivity index (χ1n) is 10.6. The van der Waals surface area contributed by atoms with Crippen LogP contribution in [-0.2, 0) is 0 Å². The molecule has 1 aliphatic heterocycles. The molecule has 1 aliphatic rings. The van der Waals surface area contributed by atoms with E-state index in [0.29, 0.717) is 33.1 Å². The fourth-order valence-electron chi connectivity index (χ4n) is 4.03. The van der Waals surface area contributed by atoms with Gasteiger partial charge in [0.2, 0.25) is 5.82 Å². The van der Waals surface area contributed by atoms with Crippen LogP contribution < -0.4 is 10.2 Å². The quantitative estimate of drug-likeness (QED) is 0.321. The second-order valence-electron chi connectivity index (χ2n) is 7.99. The summed E-state index contributed by atoms with van der Waals surface area (Å²) in [7, 11) is 0. The molecule has 0 aliphatic carbocycles. The van der Waals surface area contributed by atoms with Gasteiger partial charge in [0, 0.05) is 16.3 Å². The van der Waals surface area contributed by atoms with Crippen molar-refractivity contribution in [3.63, 3.8) is 0 Å². The van der Waals surface area contributed by atoms with Crippen LogP contribution in [0.4, 0.5) is 10.1 Å². The molecule has 170 valence electrons. The molecule has 0 bridgehead atoms. The van der Waals surface area contributed by atoms with Crippen LogP contribution in [0.5, 0.6) is 0 Å². The van der Waals surface area contributed by atoms with Crippen LogP contribution in [0.1, 0.15) is 30.0 Å². The molecule has 0 saturated heterocycles. The lowest BCUT2D eigenvalue weighted by atomic mass is 9.94. The summed E-state index contributed by atoms with van der Waals surface area (Å²) in [4.78, 5) is 6.46. The molecule has 4 aromatic rings. The minimum Gasteiger partial charge on any atom is -0.351 e. The molecule has 0 saturated carbocycles. The Labute approximate surface area is 206 Å². The Morgan fingerprint density at radius 1 is 1.03 bits per heavy atom. The Hall–Kier alpha value is -3.55. The van der Waals surface area contributed by atoms with Gasteiger partial charge in [-0.1, -0.05) is 65.3 Å². The molecule has 2 heterocycles. The Kier molecular flexibility index (Phi) is 5.89. The van der Waals surface area contributed by atoms with E-state index >= 15 is 0 Å². The predicted octanol–water partition coefficient (Wildman–Crippen LogP) is 6.70. The van der Waals surface area contributed by atoms with Gasteiger partial charge in [-0.15, -0.1) is 0 Å². The molecule has 1 N–H and O–H groups in total. The summed E-state index contributed by atoms with van der Waals surface area (Å²) in [5.74, 6) is 0.506. The number of anilines is 1. The van der Waals surface area contributed by atoms with Crippen molar-refractivity contribution in [3.8, 4) is 11.4 Å². The highest BCUT2D eigenvalue weighted by Crippen LogP contribution is 2.39. The van der Waals surface area contributed by atoms with E-state index in [4.69, 9.17) is 28.3 Å². The first-order chi connectivity index (χ1) is 16.4.